The average molecular weight is 302 g/mol. The number of aliphatic hydroxyl groups excluding tert-OH is 1. The number of rotatable bonds is 7. The zero-order valence-electron chi connectivity index (χ0n) is 13.0. The number of aromatic nitrogens is 3. The fraction of sp³-hybridized carbons (Fsp3) is 0.438. The quantitative estimate of drug-likeness (QED) is 0.805. The van der Waals surface area contributed by atoms with Crippen molar-refractivity contribution in [2.75, 3.05) is 13.2 Å². The van der Waals surface area contributed by atoms with Crippen LogP contribution in [0.4, 0.5) is 0 Å². The topological polar surface area (TPSA) is 80.0 Å². The number of nitrogens with one attached hydrogen (secondary N) is 1. The number of hydrogen-bond acceptors (Lipinski definition) is 4. The standard InChI is InChI=1S/C16H22N4O2/c1-3-20-15(8-12(2)19-20)16(22)18-10-13(11-21)9-14-6-4-5-7-17-14/h4-8,13,21H,3,9-11H2,1-2H3,(H,18,22). The highest BCUT2D eigenvalue weighted by atomic mass is 16.3. The molecule has 2 N–H and O–H groups in total. The van der Waals surface area contributed by atoms with Crippen LogP contribution in [0, 0.1) is 12.8 Å². The molecule has 1 amide bonds. The van der Waals surface area contributed by atoms with Crippen molar-refractivity contribution < 1.29 is 9.90 Å². The Bertz CT molecular complexity index is 610. The molecule has 0 saturated heterocycles. The number of aliphatic hydroxyl groups is 1. The molecular formula is C16H22N4O2. The van der Waals surface area contributed by atoms with Gasteiger partial charge in [-0.1, -0.05) is 6.07 Å². The number of aryl methyl sites for hydroxylation is 2. The molecule has 22 heavy (non-hydrogen) atoms. The molecule has 2 aromatic rings. The van der Waals surface area contributed by atoms with Crippen molar-refractivity contribution in [1.82, 2.24) is 20.1 Å². The molecule has 0 aliphatic rings. The maximum absolute atomic E-state index is 12.2. The molecule has 6 nitrogen and oxygen atoms in total. The summed E-state index contributed by atoms with van der Waals surface area (Å²) in [6.07, 6.45) is 2.36. The number of nitrogens with zero attached hydrogens (tertiary/aromatic N) is 3. The summed E-state index contributed by atoms with van der Waals surface area (Å²) >= 11 is 0. The Morgan fingerprint density at radius 2 is 2.27 bits per heavy atom. The van der Waals surface area contributed by atoms with Crippen LogP contribution < -0.4 is 5.32 Å². The smallest absolute Gasteiger partial charge is 0.269 e. The highest BCUT2D eigenvalue weighted by molar-refractivity contribution is 5.92. The molecule has 1 unspecified atom stereocenters. The summed E-state index contributed by atoms with van der Waals surface area (Å²) < 4.78 is 1.68. The first-order valence-corrected chi connectivity index (χ1v) is 7.47. The van der Waals surface area contributed by atoms with Gasteiger partial charge in [-0.05, 0) is 38.5 Å². The molecule has 0 aliphatic heterocycles. The lowest BCUT2D eigenvalue weighted by molar-refractivity contribution is 0.0929. The van der Waals surface area contributed by atoms with E-state index in [1.165, 1.54) is 0 Å². The number of carbonyl (C=O) groups is 1. The highest BCUT2D eigenvalue weighted by Crippen LogP contribution is 2.07. The van der Waals surface area contributed by atoms with Gasteiger partial charge in [-0.2, -0.15) is 5.10 Å². The van der Waals surface area contributed by atoms with Gasteiger partial charge in [0.15, 0.2) is 0 Å². The van der Waals surface area contributed by atoms with Crippen LogP contribution in [0.3, 0.4) is 0 Å². The van der Waals surface area contributed by atoms with Crippen molar-refractivity contribution in [2.24, 2.45) is 5.92 Å². The molecule has 2 aromatic heterocycles. The molecule has 2 rings (SSSR count). The maximum atomic E-state index is 12.2. The first-order chi connectivity index (χ1) is 10.6. The molecule has 0 radical (unpaired) electrons. The Balaban J connectivity index is 1.93. The Morgan fingerprint density at radius 1 is 1.45 bits per heavy atom. The van der Waals surface area contributed by atoms with E-state index in [1.807, 2.05) is 32.0 Å². The third kappa shape index (κ3) is 4.14. The molecule has 0 bridgehead atoms. The first-order valence-electron chi connectivity index (χ1n) is 7.47. The summed E-state index contributed by atoms with van der Waals surface area (Å²) in [5, 5.41) is 16.6. The van der Waals surface area contributed by atoms with E-state index >= 15 is 0 Å². The van der Waals surface area contributed by atoms with Gasteiger partial charge in [-0.3, -0.25) is 14.5 Å². The molecule has 2 heterocycles. The van der Waals surface area contributed by atoms with E-state index in [0.29, 0.717) is 25.2 Å². The van der Waals surface area contributed by atoms with Crippen LogP contribution >= 0.6 is 0 Å². The maximum Gasteiger partial charge on any atom is 0.269 e. The summed E-state index contributed by atoms with van der Waals surface area (Å²) in [4.78, 5) is 16.5. The minimum absolute atomic E-state index is 0.00290. The summed E-state index contributed by atoms with van der Waals surface area (Å²) in [5.74, 6) is -0.222. The van der Waals surface area contributed by atoms with E-state index in [9.17, 15) is 9.90 Å². The summed E-state index contributed by atoms with van der Waals surface area (Å²) in [6.45, 7) is 4.86. The largest absolute Gasteiger partial charge is 0.396 e. The van der Waals surface area contributed by atoms with E-state index in [2.05, 4.69) is 15.4 Å². The van der Waals surface area contributed by atoms with E-state index in [4.69, 9.17) is 0 Å². The summed E-state index contributed by atoms with van der Waals surface area (Å²) in [7, 11) is 0. The van der Waals surface area contributed by atoms with Crippen molar-refractivity contribution in [3.05, 3.63) is 47.5 Å². The van der Waals surface area contributed by atoms with Crippen LogP contribution in [0.2, 0.25) is 0 Å². The minimum atomic E-state index is -0.165. The zero-order valence-corrected chi connectivity index (χ0v) is 13.0. The van der Waals surface area contributed by atoms with Crippen molar-refractivity contribution >= 4 is 5.91 Å². The van der Waals surface area contributed by atoms with Crippen LogP contribution in [0.5, 0.6) is 0 Å². The van der Waals surface area contributed by atoms with Gasteiger partial charge in [0.25, 0.3) is 5.91 Å². The normalized spacial score (nSPS) is 12.1. The van der Waals surface area contributed by atoms with E-state index in [1.54, 1.807) is 16.9 Å². The van der Waals surface area contributed by atoms with Crippen molar-refractivity contribution in [3.63, 3.8) is 0 Å². The second kappa shape index (κ2) is 7.70. The predicted octanol–water partition coefficient (Wildman–Crippen LogP) is 1.19. The van der Waals surface area contributed by atoms with Crippen LogP contribution in [0.25, 0.3) is 0 Å². The zero-order chi connectivity index (χ0) is 15.9. The lowest BCUT2D eigenvalue weighted by Crippen LogP contribution is -2.33. The molecule has 118 valence electrons. The number of pyridine rings is 1. The predicted molar refractivity (Wildman–Crippen MR) is 83.5 cm³/mol. The Morgan fingerprint density at radius 3 is 2.91 bits per heavy atom. The molecule has 0 aliphatic carbocycles. The van der Waals surface area contributed by atoms with Gasteiger partial charge in [0.2, 0.25) is 0 Å². The Labute approximate surface area is 130 Å². The van der Waals surface area contributed by atoms with E-state index in [0.717, 1.165) is 11.4 Å². The summed E-state index contributed by atoms with van der Waals surface area (Å²) in [6, 6.07) is 7.46. The van der Waals surface area contributed by atoms with Crippen molar-refractivity contribution in [2.45, 2.75) is 26.8 Å². The van der Waals surface area contributed by atoms with Gasteiger partial charge in [-0.15, -0.1) is 0 Å². The van der Waals surface area contributed by atoms with Gasteiger partial charge >= 0.3 is 0 Å². The minimum Gasteiger partial charge on any atom is -0.396 e. The molecular weight excluding hydrogens is 280 g/mol. The van der Waals surface area contributed by atoms with E-state index < -0.39 is 0 Å². The molecule has 0 saturated carbocycles. The second-order valence-electron chi connectivity index (χ2n) is 5.27. The van der Waals surface area contributed by atoms with Crippen LogP contribution in [-0.2, 0) is 13.0 Å². The molecule has 0 spiro atoms. The molecule has 6 heteroatoms. The lowest BCUT2D eigenvalue weighted by atomic mass is 10.0. The first kappa shape index (κ1) is 16.2. The third-order valence-corrected chi connectivity index (χ3v) is 3.47. The Kier molecular flexibility index (Phi) is 5.66. The van der Waals surface area contributed by atoms with E-state index in [-0.39, 0.29) is 18.4 Å². The van der Waals surface area contributed by atoms with Gasteiger partial charge in [0.1, 0.15) is 5.69 Å². The average Bonchev–Trinajstić information content (AvgIpc) is 2.93. The van der Waals surface area contributed by atoms with Crippen LogP contribution in [0.15, 0.2) is 30.5 Å². The fourth-order valence-corrected chi connectivity index (χ4v) is 2.31. The Hall–Kier alpha value is -2.21. The number of amides is 1. The highest BCUT2D eigenvalue weighted by Gasteiger charge is 2.15. The van der Waals surface area contributed by atoms with Gasteiger partial charge in [0.05, 0.1) is 5.69 Å². The van der Waals surface area contributed by atoms with Gasteiger partial charge in [-0.25, -0.2) is 0 Å². The SMILES string of the molecule is CCn1nc(C)cc1C(=O)NCC(CO)Cc1ccccn1. The number of carbonyl (C=O) groups excluding carboxylic acids is 1. The second-order valence-corrected chi connectivity index (χ2v) is 5.27. The number of hydrogen-bond donors (Lipinski definition) is 2. The third-order valence-electron chi connectivity index (χ3n) is 3.47. The van der Waals surface area contributed by atoms with Crippen LogP contribution in [0.1, 0.15) is 28.8 Å². The monoisotopic (exact) mass is 302 g/mol. The molecule has 1 atom stereocenters. The van der Waals surface area contributed by atoms with Crippen molar-refractivity contribution in [1.29, 1.82) is 0 Å². The van der Waals surface area contributed by atoms with Crippen molar-refractivity contribution in [3.8, 4) is 0 Å². The van der Waals surface area contributed by atoms with Crippen LogP contribution in [-0.4, -0.2) is 38.9 Å². The van der Waals surface area contributed by atoms with Gasteiger partial charge in [0, 0.05) is 37.5 Å². The fourth-order valence-electron chi connectivity index (χ4n) is 2.31. The van der Waals surface area contributed by atoms with Gasteiger partial charge < -0.3 is 10.4 Å². The molecule has 0 aromatic carbocycles. The summed E-state index contributed by atoms with van der Waals surface area (Å²) in [5.41, 5.74) is 2.28. The molecule has 0 fully saturated rings. The lowest BCUT2D eigenvalue weighted by Gasteiger charge is -2.15.